The molecule has 1 fully saturated rings. The van der Waals surface area contributed by atoms with Crippen molar-refractivity contribution in [2.24, 2.45) is 0 Å². The molecule has 16 heavy (non-hydrogen) atoms. The molecule has 0 unspecified atom stereocenters. The largest absolute Gasteiger partial charge is 0.438 e. The Morgan fingerprint density at radius 3 is 2.38 bits per heavy atom. The summed E-state index contributed by atoms with van der Waals surface area (Å²) in [6.07, 6.45) is -1.30. The van der Waals surface area contributed by atoms with Crippen LogP contribution in [-0.2, 0) is 14.3 Å². The van der Waals surface area contributed by atoms with E-state index in [1.165, 1.54) is 21.0 Å². The second-order valence-corrected chi connectivity index (χ2v) is 3.87. The maximum absolute atomic E-state index is 11.6. The predicted octanol–water partition coefficient (Wildman–Crippen LogP) is -0.850. The second-order valence-electron chi connectivity index (χ2n) is 3.87. The zero-order valence-electron chi connectivity index (χ0n) is 9.55. The lowest BCUT2D eigenvalue weighted by Gasteiger charge is -2.43. The first-order valence-corrected chi connectivity index (χ1v) is 4.64. The second kappa shape index (κ2) is 3.75. The smallest absolute Gasteiger partial charge is 0.329 e. The lowest BCUT2D eigenvalue weighted by molar-refractivity contribution is -0.196. The van der Waals surface area contributed by atoms with Crippen molar-refractivity contribution in [3.05, 3.63) is 0 Å². The predicted molar refractivity (Wildman–Crippen MR) is 52.1 cm³/mol. The molecular formula is C9H14N2O5. The van der Waals surface area contributed by atoms with Gasteiger partial charge in [-0.05, 0) is 6.92 Å². The molecule has 1 heterocycles. The van der Waals surface area contributed by atoms with Crippen LogP contribution in [0.1, 0.15) is 13.8 Å². The molecule has 0 aliphatic carbocycles. The highest BCUT2D eigenvalue weighted by Crippen LogP contribution is 2.25. The molecule has 90 valence electrons. The molecule has 0 aromatic carbocycles. The number of likely N-dealkylation sites (N-methyl/N-ethyl adjacent to an activating group) is 2. The van der Waals surface area contributed by atoms with E-state index in [0.29, 0.717) is 0 Å². The van der Waals surface area contributed by atoms with Gasteiger partial charge in [0.1, 0.15) is 0 Å². The average Bonchev–Trinajstić information content (AvgIpc) is 2.19. The lowest BCUT2D eigenvalue weighted by atomic mass is 10.00. The van der Waals surface area contributed by atoms with Gasteiger partial charge in [0.25, 0.3) is 5.91 Å². The average molecular weight is 230 g/mol. The van der Waals surface area contributed by atoms with Crippen molar-refractivity contribution >= 4 is 17.9 Å². The number of ether oxygens (including phenoxy) is 1. The van der Waals surface area contributed by atoms with Crippen LogP contribution in [0.25, 0.3) is 0 Å². The number of carbonyl (C=O) groups is 3. The Kier molecular flexibility index (Phi) is 2.91. The van der Waals surface area contributed by atoms with E-state index >= 15 is 0 Å². The molecular weight excluding hydrogens is 216 g/mol. The van der Waals surface area contributed by atoms with Crippen molar-refractivity contribution in [3.8, 4) is 0 Å². The molecule has 0 aromatic rings. The monoisotopic (exact) mass is 230 g/mol. The summed E-state index contributed by atoms with van der Waals surface area (Å²) < 4.78 is 4.78. The fourth-order valence-corrected chi connectivity index (χ4v) is 1.60. The third-order valence-corrected chi connectivity index (χ3v) is 2.44. The number of amides is 3. The number of hydrogen-bond donors (Lipinski definition) is 1. The van der Waals surface area contributed by atoms with Gasteiger partial charge >= 0.3 is 12.0 Å². The Balaban J connectivity index is 3.09. The number of rotatable bonds is 1. The Bertz CT molecular complexity index is 352. The van der Waals surface area contributed by atoms with Gasteiger partial charge in [-0.15, -0.1) is 0 Å². The van der Waals surface area contributed by atoms with E-state index in [4.69, 9.17) is 4.74 Å². The molecule has 1 N–H and O–H groups in total. The van der Waals surface area contributed by atoms with Crippen LogP contribution in [0.15, 0.2) is 0 Å². The molecule has 2 atom stereocenters. The highest BCUT2D eigenvalue weighted by atomic mass is 16.6. The van der Waals surface area contributed by atoms with Gasteiger partial charge in [-0.2, -0.15) is 0 Å². The Morgan fingerprint density at radius 2 is 1.94 bits per heavy atom. The van der Waals surface area contributed by atoms with E-state index in [1.807, 2.05) is 0 Å². The summed E-state index contributed by atoms with van der Waals surface area (Å²) >= 11 is 0. The summed E-state index contributed by atoms with van der Waals surface area (Å²) in [4.78, 5) is 35.8. The zero-order valence-corrected chi connectivity index (χ0v) is 9.55. The minimum atomic E-state index is -1.94. The summed E-state index contributed by atoms with van der Waals surface area (Å²) in [7, 11) is 2.59. The van der Waals surface area contributed by atoms with Gasteiger partial charge in [0, 0.05) is 21.0 Å². The number of nitrogens with zero attached hydrogens (tertiary/aromatic N) is 2. The molecule has 0 radical (unpaired) electrons. The number of aliphatic hydroxyl groups is 1. The first-order valence-electron chi connectivity index (χ1n) is 4.64. The summed E-state index contributed by atoms with van der Waals surface area (Å²) in [6.45, 7) is 2.33. The van der Waals surface area contributed by atoms with Crippen LogP contribution in [0.4, 0.5) is 4.79 Å². The molecule has 7 heteroatoms. The molecule has 0 bridgehead atoms. The number of urea groups is 1. The van der Waals surface area contributed by atoms with Crippen LogP contribution in [0.3, 0.4) is 0 Å². The molecule has 0 aromatic heterocycles. The molecule has 1 saturated heterocycles. The number of carbonyl (C=O) groups excluding carboxylic acids is 3. The molecule has 1 rings (SSSR count). The quantitative estimate of drug-likeness (QED) is 0.593. The maximum Gasteiger partial charge on any atom is 0.329 e. The van der Waals surface area contributed by atoms with Crippen LogP contribution in [0, 0.1) is 0 Å². The number of hydrogen-bond acceptors (Lipinski definition) is 5. The summed E-state index contributed by atoms with van der Waals surface area (Å²) in [6, 6.07) is -0.636. The van der Waals surface area contributed by atoms with Gasteiger partial charge < -0.3 is 9.84 Å². The van der Waals surface area contributed by atoms with E-state index in [0.717, 1.165) is 16.7 Å². The summed E-state index contributed by atoms with van der Waals surface area (Å²) in [5, 5.41) is 9.95. The van der Waals surface area contributed by atoms with Crippen molar-refractivity contribution in [3.63, 3.8) is 0 Å². The van der Waals surface area contributed by atoms with Crippen LogP contribution in [0.2, 0.25) is 0 Å². The van der Waals surface area contributed by atoms with E-state index in [1.54, 1.807) is 0 Å². The van der Waals surface area contributed by atoms with Crippen LogP contribution >= 0.6 is 0 Å². The minimum Gasteiger partial charge on any atom is -0.438 e. The van der Waals surface area contributed by atoms with Gasteiger partial charge in [0.15, 0.2) is 5.60 Å². The number of esters is 1. The van der Waals surface area contributed by atoms with Crippen molar-refractivity contribution < 1.29 is 24.2 Å². The Morgan fingerprint density at radius 1 is 1.44 bits per heavy atom. The Labute approximate surface area is 92.6 Å². The molecule has 0 spiro atoms. The van der Waals surface area contributed by atoms with Crippen LogP contribution in [0.5, 0.6) is 0 Å². The first kappa shape index (κ1) is 12.4. The van der Waals surface area contributed by atoms with E-state index < -0.39 is 29.7 Å². The third kappa shape index (κ3) is 1.73. The molecule has 0 saturated carbocycles. The van der Waals surface area contributed by atoms with Gasteiger partial charge in [0.2, 0.25) is 6.23 Å². The fourth-order valence-electron chi connectivity index (χ4n) is 1.60. The van der Waals surface area contributed by atoms with Gasteiger partial charge in [-0.3, -0.25) is 19.4 Å². The van der Waals surface area contributed by atoms with Crippen molar-refractivity contribution in [1.82, 2.24) is 9.80 Å². The van der Waals surface area contributed by atoms with E-state index in [9.17, 15) is 19.5 Å². The summed E-state index contributed by atoms with van der Waals surface area (Å²) in [5.74, 6) is -1.48. The van der Waals surface area contributed by atoms with Gasteiger partial charge in [0.05, 0.1) is 0 Å². The lowest BCUT2D eigenvalue weighted by Crippen LogP contribution is -2.68. The topological polar surface area (TPSA) is 87.2 Å². The molecule has 3 amide bonds. The van der Waals surface area contributed by atoms with Crippen molar-refractivity contribution in [2.75, 3.05) is 14.1 Å². The highest BCUT2D eigenvalue weighted by Gasteiger charge is 2.53. The molecule has 1 aliphatic heterocycles. The normalized spacial score (nSPS) is 30.7. The van der Waals surface area contributed by atoms with Crippen molar-refractivity contribution in [1.29, 1.82) is 0 Å². The van der Waals surface area contributed by atoms with Gasteiger partial charge in [-0.25, -0.2) is 4.79 Å². The zero-order chi connectivity index (χ0) is 12.7. The highest BCUT2D eigenvalue weighted by molar-refractivity contribution is 6.01. The van der Waals surface area contributed by atoms with Crippen LogP contribution in [-0.4, -0.2) is 58.7 Å². The Hall–Kier alpha value is -1.63. The maximum atomic E-state index is 11.6. The standard InChI is InChI=1S/C9H14N2O5/c1-5(12)16-7-9(2,15)6(13)10(3)8(14)11(7)4/h7,15H,1-4H3/t7-,9+/m1/s1. The SMILES string of the molecule is CC(=O)O[C@H]1N(C)C(=O)N(C)C(=O)[C@]1(C)O. The van der Waals surface area contributed by atoms with Crippen molar-refractivity contribution in [2.45, 2.75) is 25.7 Å². The van der Waals surface area contributed by atoms with E-state index in [-0.39, 0.29) is 0 Å². The minimum absolute atomic E-state index is 0.636. The van der Waals surface area contributed by atoms with E-state index in [2.05, 4.69) is 0 Å². The third-order valence-electron chi connectivity index (χ3n) is 2.44. The molecule has 1 aliphatic rings. The summed E-state index contributed by atoms with van der Waals surface area (Å²) in [5.41, 5.74) is -1.94. The molecule has 7 nitrogen and oxygen atoms in total. The number of imide groups is 1. The van der Waals surface area contributed by atoms with Gasteiger partial charge in [-0.1, -0.05) is 0 Å². The first-order chi connectivity index (χ1) is 7.19. The fraction of sp³-hybridized carbons (Fsp3) is 0.667. The van der Waals surface area contributed by atoms with Crippen LogP contribution < -0.4 is 0 Å².